The first-order chi connectivity index (χ1) is 19.7. The van der Waals surface area contributed by atoms with Crippen molar-refractivity contribution in [1.29, 1.82) is 0 Å². The van der Waals surface area contributed by atoms with E-state index in [1.54, 1.807) is 44.3 Å². The van der Waals surface area contributed by atoms with E-state index in [0.29, 0.717) is 56.6 Å². The highest BCUT2D eigenvalue weighted by molar-refractivity contribution is 8.18. The molecule has 0 aromatic heterocycles. The number of nitrogens with zero attached hydrogens (tertiary/aromatic N) is 2. The molecule has 1 aliphatic rings. The average Bonchev–Trinajstić information content (AvgIpc) is 3.21. The fourth-order valence-corrected chi connectivity index (χ4v) is 5.69. The maximum absolute atomic E-state index is 13.1. The molecule has 0 saturated carbocycles. The molecule has 0 spiro atoms. The summed E-state index contributed by atoms with van der Waals surface area (Å²) in [5.41, 5.74) is 2.86. The molecule has 41 heavy (non-hydrogen) atoms. The number of hydrogen-bond acceptors (Lipinski definition) is 6. The highest BCUT2D eigenvalue weighted by atomic mass is 35.5. The van der Waals surface area contributed by atoms with E-state index in [1.165, 1.54) is 22.7 Å². The molecule has 1 aliphatic heterocycles. The SMILES string of the molecule is CCOc1cc(/C=C2\SC(=Nc3cccc(C(=O)O)c3C)N(C)C2=O)cc(Cl)c1OCc1ccc2ccccc2c1. The molecule has 7 nitrogen and oxygen atoms in total. The van der Waals surface area contributed by atoms with Crippen LogP contribution < -0.4 is 9.47 Å². The molecule has 1 fully saturated rings. The maximum atomic E-state index is 13.1. The standard InChI is InChI=1S/C32H27ClN2O5S/c1-4-39-27-16-21(15-25(33)29(27)40-18-20-12-13-22-8-5-6-9-23(22)14-20)17-28-30(36)35(3)32(41-28)34-26-11-7-10-24(19(26)2)31(37)38/h5-17H,4,18H2,1-3H3,(H,37,38)/b28-17-,34-32?. The molecule has 4 aromatic rings. The van der Waals surface area contributed by atoms with Crippen molar-refractivity contribution in [3.05, 3.63) is 105 Å². The normalized spacial score (nSPS) is 15.2. The van der Waals surface area contributed by atoms with Gasteiger partial charge in [-0.25, -0.2) is 9.79 Å². The maximum Gasteiger partial charge on any atom is 0.336 e. The van der Waals surface area contributed by atoms with E-state index in [2.05, 4.69) is 29.3 Å². The Kier molecular flexibility index (Phi) is 8.33. The zero-order valence-corrected chi connectivity index (χ0v) is 24.3. The summed E-state index contributed by atoms with van der Waals surface area (Å²) in [6, 6.07) is 22.7. The van der Waals surface area contributed by atoms with Crippen LogP contribution in [-0.4, -0.2) is 40.7 Å². The fourth-order valence-electron chi connectivity index (χ4n) is 4.44. The summed E-state index contributed by atoms with van der Waals surface area (Å²) in [4.78, 5) is 31.0. The Hall–Kier alpha value is -4.27. The lowest BCUT2D eigenvalue weighted by atomic mass is 10.1. The Balaban J connectivity index is 1.40. The molecule has 9 heteroatoms. The van der Waals surface area contributed by atoms with Crippen molar-refractivity contribution in [3.63, 3.8) is 0 Å². The van der Waals surface area contributed by atoms with Crippen LogP contribution in [0.2, 0.25) is 5.02 Å². The molecule has 5 rings (SSSR count). The van der Waals surface area contributed by atoms with Gasteiger partial charge in [0.2, 0.25) is 0 Å². The van der Waals surface area contributed by atoms with Crippen molar-refractivity contribution in [2.45, 2.75) is 20.5 Å². The third-order valence-corrected chi connectivity index (χ3v) is 7.92. The first kappa shape index (κ1) is 28.3. The molecule has 0 aliphatic carbocycles. The second-order valence-electron chi connectivity index (χ2n) is 9.36. The number of carbonyl (C=O) groups is 2. The number of benzene rings is 4. The Morgan fingerprint density at radius 2 is 1.83 bits per heavy atom. The third-order valence-electron chi connectivity index (χ3n) is 6.58. The summed E-state index contributed by atoms with van der Waals surface area (Å²) in [5.74, 6) is -0.347. The summed E-state index contributed by atoms with van der Waals surface area (Å²) in [5, 5.41) is 12.5. The van der Waals surface area contributed by atoms with Crippen molar-refractivity contribution >= 4 is 62.9 Å². The van der Waals surface area contributed by atoms with Gasteiger partial charge in [0.1, 0.15) is 6.61 Å². The number of amides is 1. The van der Waals surface area contributed by atoms with Gasteiger partial charge in [0.05, 0.1) is 27.8 Å². The minimum Gasteiger partial charge on any atom is -0.490 e. The summed E-state index contributed by atoms with van der Waals surface area (Å²) < 4.78 is 12.0. The number of amidine groups is 1. The van der Waals surface area contributed by atoms with Crippen molar-refractivity contribution in [2.24, 2.45) is 4.99 Å². The zero-order chi connectivity index (χ0) is 29.1. The highest BCUT2D eigenvalue weighted by Gasteiger charge is 2.31. The van der Waals surface area contributed by atoms with Gasteiger partial charge in [0, 0.05) is 7.05 Å². The van der Waals surface area contributed by atoms with Gasteiger partial charge >= 0.3 is 5.97 Å². The van der Waals surface area contributed by atoms with E-state index in [0.717, 1.165) is 16.3 Å². The number of carboxylic acids is 1. The number of hydrogen-bond donors (Lipinski definition) is 1. The second-order valence-corrected chi connectivity index (χ2v) is 10.8. The van der Waals surface area contributed by atoms with Crippen molar-refractivity contribution < 1.29 is 24.2 Å². The van der Waals surface area contributed by atoms with Gasteiger partial charge in [-0.1, -0.05) is 54.1 Å². The molecule has 1 heterocycles. The van der Waals surface area contributed by atoms with E-state index in [-0.39, 0.29) is 11.5 Å². The largest absolute Gasteiger partial charge is 0.490 e. The number of likely N-dealkylation sites (N-methyl/N-ethyl adjacent to an activating group) is 1. The highest BCUT2D eigenvalue weighted by Crippen LogP contribution is 2.40. The number of ether oxygens (including phenoxy) is 2. The summed E-state index contributed by atoms with van der Waals surface area (Å²) in [6.07, 6.45) is 1.73. The zero-order valence-electron chi connectivity index (χ0n) is 22.7. The monoisotopic (exact) mass is 586 g/mol. The molecule has 0 radical (unpaired) electrons. The Labute approximate surface area is 247 Å². The van der Waals surface area contributed by atoms with Crippen LogP contribution in [0, 0.1) is 6.92 Å². The lowest BCUT2D eigenvalue weighted by molar-refractivity contribution is -0.121. The number of carboxylic acid groups (broad SMARTS) is 1. The van der Waals surface area contributed by atoms with Gasteiger partial charge in [-0.15, -0.1) is 0 Å². The van der Waals surface area contributed by atoms with Gasteiger partial charge in [-0.3, -0.25) is 9.69 Å². The van der Waals surface area contributed by atoms with E-state index in [9.17, 15) is 14.7 Å². The third kappa shape index (κ3) is 6.09. The van der Waals surface area contributed by atoms with Crippen LogP contribution in [0.5, 0.6) is 11.5 Å². The van der Waals surface area contributed by atoms with Crippen molar-refractivity contribution in [3.8, 4) is 11.5 Å². The summed E-state index contributed by atoms with van der Waals surface area (Å²) in [6.45, 7) is 4.29. The van der Waals surface area contributed by atoms with Crippen molar-refractivity contribution in [2.75, 3.05) is 13.7 Å². The summed E-state index contributed by atoms with van der Waals surface area (Å²) >= 11 is 7.87. The molecule has 4 aromatic carbocycles. The second kappa shape index (κ2) is 12.1. The summed E-state index contributed by atoms with van der Waals surface area (Å²) in [7, 11) is 1.63. The average molecular weight is 587 g/mol. The quantitative estimate of drug-likeness (QED) is 0.213. The number of halogens is 1. The number of aliphatic imine (C=N–C) groups is 1. The van der Waals surface area contributed by atoms with Crippen LogP contribution in [0.25, 0.3) is 16.8 Å². The number of aromatic carboxylic acids is 1. The minimum atomic E-state index is -1.03. The lowest BCUT2D eigenvalue weighted by Crippen LogP contribution is -2.23. The van der Waals surface area contributed by atoms with E-state index < -0.39 is 5.97 Å². The number of fused-ring (bicyclic) bond motifs is 1. The molecule has 0 bridgehead atoms. The number of thioether (sulfide) groups is 1. The van der Waals surface area contributed by atoms with Crippen LogP contribution in [-0.2, 0) is 11.4 Å². The molecule has 1 amide bonds. The van der Waals surface area contributed by atoms with Crippen LogP contribution >= 0.6 is 23.4 Å². The molecule has 0 unspecified atom stereocenters. The number of rotatable bonds is 8. The first-order valence-electron chi connectivity index (χ1n) is 12.9. The van der Waals surface area contributed by atoms with Gasteiger partial charge in [-0.2, -0.15) is 0 Å². The Bertz CT molecular complexity index is 1730. The van der Waals surface area contributed by atoms with Gasteiger partial charge in [-0.05, 0) is 89.5 Å². The van der Waals surface area contributed by atoms with Crippen LogP contribution in [0.1, 0.15) is 34.0 Å². The van der Waals surface area contributed by atoms with Gasteiger partial charge in [0.15, 0.2) is 16.7 Å². The molecule has 1 saturated heterocycles. The molecule has 208 valence electrons. The van der Waals surface area contributed by atoms with E-state index in [1.807, 2.05) is 25.1 Å². The molecular formula is C32H27ClN2O5S. The molecule has 1 N–H and O–H groups in total. The van der Waals surface area contributed by atoms with Crippen LogP contribution in [0.4, 0.5) is 5.69 Å². The predicted octanol–water partition coefficient (Wildman–Crippen LogP) is 7.71. The molecule has 0 atom stereocenters. The Morgan fingerprint density at radius 1 is 1.05 bits per heavy atom. The Morgan fingerprint density at radius 3 is 2.59 bits per heavy atom. The van der Waals surface area contributed by atoms with E-state index >= 15 is 0 Å². The van der Waals surface area contributed by atoms with Gasteiger partial charge in [0.25, 0.3) is 5.91 Å². The predicted molar refractivity (Wildman–Crippen MR) is 164 cm³/mol. The topological polar surface area (TPSA) is 88.4 Å². The fraction of sp³-hybridized carbons (Fsp3) is 0.156. The molecular weight excluding hydrogens is 560 g/mol. The van der Waals surface area contributed by atoms with Gasteiger partial charge < -0.3 is 14.6 Å². The first-order valence-corrected chi connectivity index (χ1v) is 14.1. The van der Waals surface area contributed by atoms with Crippen molar-refractivity contribution in [1.82, 2.24) is 4.90 Å². The lowest BCUT2D eigenvalue weighted by Gasteiger charge is -2.15. The minimum absolute atomic E-state index is 0.167. The smallest absolute Gasteiger partial charge is 0.336 e. The van der Waals surface area contributed by atoms with Crippen LogP contribution in [0.15, 0.2) is 82.7 Å². The van der Waals surface area contributed by atoms with E-state index in [4.69, 9.17) is 21.1 Å². The number of carbonyl (C=O) groups excluding carboxylic acids is 1. The van der Waals surface area contributed by atoms with Crippen LogP contribution in [0.3, 0.4) is 0 Å².